The van der Waals surface area contributed by atoms with Gasteiger partial charge in [0.2, 0.25) is 6.79 Å². The van der Waals surface area contributed by atoms with Gasteiger partial charge in [0.05, 0.1) is 29.9 Å². The first-order chi connectivity index (χ1) is 15.3. The van der Waals surface area contributed by atoms with Crippen molar-refractivity contribution in [3.8, 4) is 23.0 Å². The first kappa shape index (κ1) is 22.0. The molecule has 2 aromatic heterocycles. The van der Waals surface area contributed by atoms with E-state index in [4.69, 9.17) is 18.9 Å². The average molecular weight is 477 g/mol. The van der Waals surface area contributed by atoms with Crippen LogP contribution in [0, 0.1) is 13.8 Å². The maximum absolute atomic E-state index is 12.3. The number of benzene rings is 1. The number of hydrogen-bond donors (Lipinski definition) is 2. The molecule has 2 N–H and O–H groups in total. The number of fused-ring (bicyclic) bond motifs is 1. The zero-order valence-electron chi connectivity index (χ0n) is 17.7. The van der Waals surface area contributed by atoms with Crippen molar-refractivity contribution in [1.29, 1.82) is 0 Å². The predicted molar refractivity (Wildman–Crippen MR) is 118 cm³/mol. The van der Waals surface area contributed by atoms with E-state index < -0.39 is 17.9 Å². The summed E-state index contributed by atoms with van der Waals surface area (Å²) in [5, 5.41) is 22.0. The summed E-state index contributed by atoms with van der Waals surface area (Å²) >= 11 is 2.42. The lowest BCUT2D eigenvalue weighted by Gasteiger charge is -2.17. The number of hydrogen-bond acceptors (Lipinski definition) is 10. The van der Waals surface area contributed by atoms with Crippen molar-refractivity contribution in [2.45, 2.75) is 19.8 Å². The summed E-state index contributed by atoms with van der Waals surface area (Å²) < 4.78 is 20.5. The molecule has 1 aromatic carbocycles. The maximum Gasteiger partial charge on any atom is 0.342 e. The van der Waals surface area contributed by atoms with Crippen LogP contribution in [-0.2, 0) is 9.47 Å². The monoisotopic (exact) mass is 476 g/mol. The first-order valence-electron chi connectivity index (χ1n) is 9.49. The van der Waals surface area contributed by atoms with E-state index in [2.05, 4.69) is 0 Å². The van der Waals surface area contributed by atoms with Gasteiger partial charge in [-0.3, -0.25) is 0 Å². The van der Waals surface area contributed by atoms with Crippen LogP contribution in [0.5, 0.6) is 23.0 Å². The quantitative estimate of drug-likeness (QED) is 0.524. The summed E-state index contributed by atoms with van der Waals surface area (Å²) in [5.74, 6) is -1.36. The molecule has 0 aliphatic carbocycles. The molecule has 8 nitrogen and oxygen atoms in total. The Morgan fingerprint density at radius 2 is 1.41 bits per heavy atom. The van der Waals surface area contributed by atoms with Crippen LogP contribution in [0.4, 0.5) is 0 Å². The smallest absolute Gasteiger partial charge is 0.342 e. The minimum atomic E-state index is -0.686. The Morgan fingerprint density at radius 3 is 1.91 bits per heavy atom. The van der Waals surface area contributed by atoms with E-state index in [0.29, 0.717) is 36.6 Å². The normalized spacial score (nSPS) is 12.3. The zero-order valence-corrected chi connectivity index (χ0v) is 19.3. The second kappa shape index (κ2) is 8.36. The van der Waals surface area contributed by atoms with Gasteiger partial charge in [-0.1, -0.05) is 6.07 Å². The number of aromatic hydroxyl groups is 2. The van der Waals surface area contributed by atoms with Crippen molar-refractivity contribution in [2.24, 2.45) is 0 Å². The van der Waals surface area contributed by atoms with Crippen molar-refractivity contribution in [1.82, 2.24) is 0 Å². The van der Waals surface area contributed by atoms with Gasteiger partial charge in [0.25, 0.3) is 0 Å². The van der Waals surface area contributed by atoms with Crippen LogP contribution in [0.1, 0.15) is 51.7 Å². The van der Waals surface area contributed by atoms with Crippen LogP contribution in [0.25, 0.3) is 0 Å². The minimum absolute atomic E-state index is 0.0687. The fourth-order valence-corrected chi connectivity index (χ4v) is 6.14. The van der Waals surface area contributed by atoms with Gasteiger partial charge in [0.1, 0.15) is 22.6 Å². The maximum atomic E-state index is 12.3. The molecule has 3 aromatic rings. The molecule has 32 heavy (non-hydrogen) atoms. The van der Waals surface area contributed by atoms with Gasteiger partial charge in [-0.15, -0.1) is 22.7 Å². The Morgan fingerprint density at radius 1 is 0.906 bits per heavy atom. The molecule has 4 rings (SSSR count). The van der Waals surface area contributed by atoms with E-state index in [1.165, 1.54) is 36.9 Å². The number of rotatable bonds is 5. The highest BCUT2D eigenvalue weighted by molar-refractivity contribution is 7.14. The second-order valence-electron chi connectivity index (χ2n) is 7.02. The van der Waals surface area contributed by atoms with E-state index in [1.807, 2.05) is 0 Å². The van der Waals surface area contributed by atoms with Crippen molar-refractivity contribution in [3.05, 3.63) is 54.4 Å². The lowest BCUT2D eigenvalue weighted by Crippen LogP contribution is -2.04. The summed E-state index contributed by atoms with van der Waals surface area (Å²) in [7, 11) is 2.48. The Hall–Kier alpha value is -3.24. The van der Waals surface area contributed by atoms with Crippen molar-refractivity contribution in [2.75, 3.05) is 21.0 Å². The Kier molecular flexibility index (Phi) is 5.74. The Bertz CT molecular complexity index is 1160. The molecule has 10 heteroatoms. The average Bonchev–Trinajstić information content (AvgIpc) is 3.44. The lowest BCUT2D eigenvalue weighted by atomic mass is 9.93. The first-order valence-corrected chi connectivity index (χ1v) is 11.1. The Labute approximate surface area is 191 Å². The molecule has 0 bridgehead atoms. The van der Waals surface area contributed by atoms with Gasteiger partial charge in [0.15, 0.2) is 11.5 Å². The number of esters is 2. The highest BCUT2D eigenvalue weighted by atomic mass is 32.1. The zero-order chi connectivity index (χ0) is 23.2. The highest BCUT2D eigenvalue weighted by Gasteiger charge is 2.34. The van der Waals surface area contributed by atoms with E-state index in [0.717, 1.165) is 0 Å². The third-order valence-electron chi connectivity index (χ3n) is 5.20. The van der Waals surface area contributed by atoms with Gasteiger partial charge in [-0.05, 0) is 31.5 Å². The second-order valence-corrected chi connectivity index (χ2v) is 9.53. The SMILES string of the molecule is COC(=O)c1c(C)sc(C(c2ccc3c(c2)OCO3)c2sc(C)c(C(=O)OC)c2O)c1O. The van der Waals surface area contributed by atoms with Crippen molar-refractivity contribution in [3.63, 3.8) is 0 Å². The van der Waals surface area contributed by atoms with Gasteiger partial charge in [0, 0.05) is 9.75 Å². The van der Waals surface area contributed by atoms with Crippen LogP contribution in [0.3, 0.4) is 0 Å². The summed E-state index contributed by atoms with van der Waals surface area (Å²) in [6.45, 7) is 3.50. The summed E-state index contributed by atoms with van der Waals surface area (Å²) in [6.07, 6.45) is 0. The van der Waals surface area contributed by atoms with Crippen LogP contribution in [0.2, 0.25) is 0 Å². The highest BCUT2D eigenvalue weighted by Crippen LogP contribution is 2.51. The number of methoxy groups -OCH3 is 2. The molecular formula is C22H20O8S2. The van der Waals surface area contributed by atoms with Gasteiger partial charge >= 0.3 is 11.9 Å². The largest absolute Gasteiger partial charge is 0.506 e. The molecule has 0 amide bonds. The van der Waals surface area contributed by atoms with Crippen LogP contribution in [-0.4, -0.2) is 43.2 Å². The molecule has 0 saturated heterocycles. The molecule has 0 saturated carbocycles. The number of carbonyl (C=O) groups excluding carboxylic acids is 2. The molecular weight excluding hydrogens is 456 g/mol. The van der Waals surface area contributed by atoms with Gasteiger partial charge in [-0.25, -0.2) is 9.59 Å². The van der Waals surface area contributed by atoms with E-state index >= 15 is 0 Å². The van der Waals surface area contributed by atoms with Gasteiger partial charge < -0.3 is 29.2 Å². The van der Waals surface area contributed by atoms with Gasteiger partial charge in [-0.2, -0.15) is 0 Å². The minimum Gasteiger partial charge on any atom is -0.506 e. The third-order valence-corrected chi connectivity index (χ3v) is 7.52. The molecule has 1 aliphatic rings. The fraction of sp³-hybridized carbons (Fsp3) is 0.273. The fourth-order valence-electron chi connectivity index (χ4n) is 3.70. The molecule has 0 unspecified atom stereocenters. The number of thiophene rings is 2. The van der Waals surface area contributed by atoms with E-state index in [-0.39, 0.29) is 29.4 Å². The number of carbonyl (C=O) groups is 2. The topological polar surface area (TPSA) is 112 Å². The predicted octanol–water partition coefficient (Wildman–Crippen LogP) is 4.32. The summed E-state index contributed by atoms with van der Waals surface area (Å²) in [5.41, 5.74) is 0.814. The van der Waals surface area contributed by atoms with Crippen LogP contribution < -0.4 is 9.47 Å². The molecule has 0 atom stereocenters. The number of ether oxygens (including phenoxy) is 4. The molecule has 0 fully saturated rings. The van der Waals surface area contributed by atoms with Crippen LogP contribution >= 0.6 is 22.7 Å². The summed E-state index contributed by atoms with van der Waals surface area (Å²) in [4.78, 5) is 26.5. The molecule has 0 spiro atoms. The van der Waals surface area contributed by atoms with Crippen LogP contribution in [0.15, 0.2) is 18.2 Å². The van der Waals surface area contributed by atoms with Crippen molar-refractivity contribution < 1.29 is 38.7 Å². The lowest BCUT2D eigenvalue weighted by molar-refractivity contribution is 0.0588. The Balaban J connectivity index is 1.96. The van der Waals surface area contributed by atoms with E-state index in [1.54, 1.807) is 32.0 Å². The molecule has 0 radical (unpaired) electrons. The standard InChI is InChI=1S/C22H20O8S2/c1-9-14(21(25)27-3)17(23)19(31-9)16(11-5-6-12-13(7-11)30-8-29-12)20-18(24)15(10(2)32-20)22(26)28-4/h5-7,16,23-24H,8H2,1-4H3. The molecule has 3 heterocycles. The molecule has 1 aliphatic heterocycles. The van der Waals surface area contributed by atoms with Crippen molar-refractivity contribution >= 4 is 34.6 Å². The molecule has 168 valence electrons. The third kappa shape index (κ3) is 3.45. The number of aryl methyl sites for hydroxylation is 2. The summed E-state index contributed by atoms with van der Waals surface area (Å²) in [6, 6.07) is 5.28. The van der Waals surface area contributed by atoms with E-state index in [9.17, 15) is 19.8 Å².